The van der Waals surface area contributed by atoms with Crippen molar-refractivity contribution in [1.82, 2.24) is 31.1 Å². The zero-order valence-electron chi connectivity index (χ0n) is 33.8. The van der Waals surface area contributed by atoms with Crippen molar-refractivity contribution in [2.75, 3.05) is 33.8 Å². The monoisotopic (exact) mass is 816 g/mol. The van der Waals surface area contributed by atoms with Crippen LogP contribution in [0.1, 0.15) is 97.6 Å². The van der Waals surface area contributed by atoms with E-state index in [0.29, 0.717) is 18.4 Å². The number of benzene rings is 1. The molecule has 6 atom stereocenters. The van der Waals surface area contributed by atoms with E-state index >= 15 is 0 Å². The minimum Gasteiger partial charge on any atom is -0.449 e. The number of hydrogen-bond donors (Lipinski definition) is 4. The lowest BCUT2D eigenvalue weighted by atomic mass is 9.83. The molecule has 6 amide bonds. The van der Waals surface area contributed by atoms with Crippen molar-refractivity contribution in [2.24, 2.45) is 11.8 Å². The fourth-order valence-electron chi connectivity index (χ4n) is 7.45. The van der Waals surface area contributed by atoms with Crippen molar-refractivity contribution < 1.29 is 38.3 Å². The molecule has 2 aliphatic heterocycles. The lowest BCUT2D eigenvalue weighted by Gasteiger charge is -2.34. The van der Waals surface area contributed by atoms with Crippen LogP contribution in [0.15, 0.2) is 30.3 Å². The van der Waals surface area contributed by atoms with Gasteiger partial charge in [-0.05, 0) is 36.7 Å². The van der Waals surface area contributed by atoms with Gasteiger partial charge in [0.2, 0.25) is 29.4 Å². The maximum absolute atomic E-state index is 14.6. The minimum atomic E-state index is -1.21. The SMILES string of the molecule is CCCC(NC(=O)C1CC2(CN1C(=O)C(NC(=O)OCC(C)C)C1CCCCC1)SC(C)C(C)S2)C(=O)C(=O)NCC(=O)NC(C(=O)N(C)C)c1ccccc1. The standard InChI is InChI=1S/C40H60N6O8S2/c1-8-15-29(34(48)36(50)41-21-31(47)43-32(37(51)45(6)7)27-16-11-9-12-17-27)42-35(49)30-20-40(55-25(4)26(5)56-40)23-46(30)38(52)33(28-18-13-10-14-19-28)44-39(53)54-22-24(2)3/h9,11-12,16-17,24-26,28-30,32-33H,8,10,13-15,18-23H2,1-7H3,(H,41,50)(H,42,49)(H,43,47)(H,44,53). The van der Waals surface area contributed by atoms with E-state index in [9.17, 15) is 33.6 Å². The molecule has 1 saturated carbocycles. The van der Waals surface area contributed by atoms with E-state index in [1.54, 1.807) is 72.9 Å². The van der Waals surface area contributed by atoms with Gasteiger partial charge < -0.3 is 35.8 Å². The van der Waals surface area contributed by atoms with E-state index in [4.69, 9.17) is 4.74 Å². The molecular formula is C40H60N6O8S2. The molecule has 0 bridgehead atoms. The lowest BCUT2D eigenvalue weighted by molar-refractivity contribution is -0.143. The molecule has 1 aliphatic carbocycles. The number of carbonyl (C=O) groups is 7. The van der Waals surface area contributed by atoms with E-state index in [0.717, 1.165) is 32.1 Å². The summed E-state index contributed by atoms with van der Waals surface area (Å²) in [6.07, 6.45) is 4.69. The van der Waals surface area contributed by atoms with Crippen molar-refractivity contribution in [3.8, 4) is 0 Å². The maximum Gasteiger partial charge on any atom is 0.407 e. The van der Waals surface area contributed by atoms with Crippen LogP contribution < -0.4 is 21.3 Å². The van der Waals surface area contributed by atoms with Gasteiger partial charge in [-0.25, -0.2) is 4.79 Å². The van der Waals surface area contributed by atoms with Crippen molar-refractivity contribution in [1.29, 1.82) is 0 Å². The van der Waals surface area contributed by atoms with E-state index < -0.39 is 64.4 Å². The molecule has 14 nitrogen and oxygen atoms in total. The Bertz CT molecular complexity index is 1560. The highest BCUT2D eigenvalue weighted by Gasteiger charge is 2.56. The highest BCUT2D eigenvalue weighted by atomic mass is 32.2. The first-order valence-electron chi connectivity index (χ1n) is 19.8. The summed E-state index contributed by atoms with van der Waals surface area (Å²) >= 11 is 3.48. The molecule has 4 rings (SSSR count). The van der Waals surface area contributed by atoms with Crippen molar-refractivity contribution in [3.63, 3.8) is 0 Å². The third-order valence-electron chi connectivity index (χ3n) is 10.5. The van der Waals surface area contributed by atoms with Gasteiger partial charge in [-0.3, -0.25) is 28.8 Å². The molecule has 16 heteroatoms. The van der Waals surface area contributed by atoms with Crippen LogP contribution in [-0.4, -0.2) is 118 Å². The summed E-state index contributed by atoms with van der Waals surface area (Å²) in [6.45, 7) is 9.84. The number of rotatable bonds is 16. The highest BCUT2D eigenvalue weighted by Crippen LogP contribution is 2.58. The van der Waals surface area contributed by atoms with Gasteiger partial charge in [-0.1, -0.05) is 90.6 Å². The number of carbonyl (C=O) groups excluding carboxylic acids is 7. The van der Waals surface area contributed by atoms with Gasteiger partial charge in [0.25, 0.3) is 5.91 Å². The van der Waals surface area contributed by atoms with E-state index in [1.165, 1.54) is 4.90 Å². The Morgan fingerprint density at radius 3 is 2.16 bits per heavy atom. The summed E-state index contributed by atoms with van der Waals surface area (Å²) in [5.74, 6) is -3.96. The van der Waals surface area contributed by atoms with Crippen LogP contribution in [0.2, 0.25) is 0 Å². The van der Waals surface area contributed by atoms with Crippen LogP contribution in [0.3, 0.4) is 0 Å². The van der Waals surface area contributed by atoms with Crippen molar-refractivity contribution in [3.05, 3.63) is 35.9 Å². The van der Waals surface area contributed by atoms with E-state index in [2.05, 4.69) is 35.1 Å². The third-order valence-corrected chi connectivity index (χ3v) is 14.3. The average Bonchev–Trinajstić information content (AvgIpc) is 3.69. The second-order valence-electron chi connectivity index (χ2n) is 15.8. The van der Waals surface area contributed by atoms with Crippen LogP contribution in [0.25, 0.3) is 0 Å². The first-order valence-corrected chi connectivity index (χ1v) is 21.6. The Morgan fingerprint density at radius 1 is 0.929 bits per heavy atom. The Hall–Kier alpha value is -3.79. The molecule has 3 aliphatic rings. The van der Waals surface area contributed by atoms with Crippen LogP contribution in [0, 0.1) is 11.8 Å². The highest BCUT2D eigenvalue weighted by molar-refractivity contribution is 8.22. The summed E-state index contributed by atoms with van der Waals surface area (Å²) < 4.78 is 4.96. The zero-order chi connectivity index (χ0) is 41.2. The second-order valence-corrected chi connectivity index (χ2v) is 19.6. The molecule has 6 unspecified atom stereocenters. The molecule has 0 aromatic heterocycles. The fraction of sp³-hybridized carbons (Fsp3) is 0.675. The number of amides is 6. The Labute approximate surface area is 339 Å². The lowest BCUT2D eigenvalue weighted by Crippen LogP contribution is -2.58. The molecule has 1 aromatic rings. The summed E-state index contributed by atoms with van der Waals surface area (Å²) in [4.78, 5) is 97.4. The predicted molar refractivity (Wildman–Crippen MR) is 218 cm³/mol. The van der Waals surface area contributed by atoms with Crippen molar-refractivity contribution in [2.45, 2.75) is 125 Å². The second kappa shape index (κ2) is 20.6. The molecule has 1 spiro atoms. The fourth-order valence-corrected chi connectivity index (χ4v) is 11.6. The topological polar surface area (TPSA) is 183 Å². The normalized spacial score (nSPS) is 23.9. The van der Waals surface area contributed by atoms with Gasteiger partial charge in [-0.2, -0.15) is 0 Å². The van der Waals surface area contributed by atoms with Crippen molar-refractivity contribution >= 4 is 64.9 Å². The number of nitrogens with one attached hydrogen (secondary N) is 4. The van der Waals surface area contributed by atoms with Gasteiger partial charge in [0.15, 0.2) is 0 Å². The number of hydrogen-bond acceptors (Lipinski definition) is 10. The summed E-state index contributed by atoms with van der Waals surface area (Å²) in [5.41, 5.74) is 0.555. The van der Waals surface area contributed by atoms with Gasteiger partial charge in [0, 0.05) is 37.6 Å². The quantitative estimate of drug-likeness (QED) is 0.179. The molecule has 0 radical (unpaired) electrons. The average molecular weight is 817 g/mol. The number of likely N-dealkylation sites (tertiary alicyclic amines) is 1. The molecule has 2 heterocycles. The molecule has 3 fully saturated rings. The van der Waals surface area contributed by atoms with Crippen LogP contribution in [0.5, 0.6) is 0 Å². The number of ketones is 1. The predicted octanol–water partition coefficient (Wildman–Crippen LogP) is 3.79. The number of thioether (sulfide) groups is 2. The largest absolute Gasteiger partial charge is 0.449 e. The Kier molecular flexibility index (Phi) is 16.5. The van der Waals surface area contributed by atoms with Gasteiger partial charge in [0.1, 0.15) is 18.1 Å². The first kappa shape index (κ1) is 44.9. The van der Waals surface area contributed by atoms with Crippen LogP contribution in [-0.2, 0) is 33.5 Å². The number of ether oxygens (including phenoxy) is 1. The molecule has 2 saturated heterocycles. The molecule has 56 heavy (non-hydrogen) atoms. The number of likely N-dealkylation sites (N-methyl/N-ethyl adjacent to an activating group) is 1. The number of nitrogens with zero attached hydrogens (tertiary/aromatic N) is 2. The summed E-state index contributed by atoms with van der Waals surface area (Å²) in [5, 5.41) is 11.2. The zero-order valence-corrected chi connectivity index (χ0v) is 35.4. The summed E-state index contributed by atoms with van der Waals surface area (Å²) in [6, 6.07) is 4.62. The molecule has 4 N–H and O–H groups in total. The third kappa shape index (κ3) is 11.9. The molecule has 1 aromatic carbocycles. The summed E-state index contributed by atoms with van der Waals surface area (Å²) in [7, 11) is 3.13. The number of Topliss-reactive ketones (excluding diaryl/α,β-unsaturated/α-hetero) is 1. The number of alkyl carbamates (subject to hydrolysis) is 1. The maximum atomic E-state index is 14.6. The first-order chi connectivity index (χ1) is 26.6. The Morgan fingerprint density at radius 2 is 1.57 bits per heavy atom. The van der Waals surface area contributed by atoms with Gasteiger partial charge in [-0.15, -0.1) is 23.5 Å². The minimum absolute atomic E-state index is 0.111. The van der Waals surface area contributed by atoms with Gasteiger partial charge >= 0.3 is 6.09 Å². The van der Waals surface area contributed by atoms with Crippen LogP contribution in [0.4, 0.5) is 4.79 Å². The Balaban J connectivity index is 1.49. The molecular weight excluding hydrogens is 757 g/mol. The van der Waals surface area contributed by atoms with E-state index in [1.807, 2.05) is 20.8 Å². The van der Waals surface area contributed by atoms with Gasteiger partial charge in [0.05, 0.1) is 23.3 Å². The van der Waals surface area contributed by atoms with Crippen LogP contribution >= 0.6 is 23.5 Å². The molecule has 310 valence electrons. The smallest absolute Gasteiger partial charge is 0.407 e. The van der Waals surface area contributed by atoms with E-state index in [-0.39, 0.29) is 53.7 Å².